The normalized spacial score (nSPS) is 12.2. The predicted molar refractivity (Wildman–Crippen MR) is 129 cm³/mol. The highest BCUT2D eigenvalue weighted by Gasteiger charge is 2.01. The van der Waals surface area contributed by atoms with Gasteiger partial charge >= 0.3 is 0 Å². The Morgan fingerprint density at radius 3 is 1.66 bits per heavy atom. The van der Waals surface area contributed by atoms with Crippen molar-refractivity contribution in [1.82, 2.24) is 5.32 Å². The largest absolute Gasteiger partial charge is 0.491 e. The van der Waals surface area contributed by atoms with E-state index < -0.39 is 0 Å². The number of benzene rings is 1. The Balaban J connectivity index is 1.84. The van der Waals surface area contributed by atoms with Gasteiger partial charge in [-0.15, -0.1) is 0 Å². The average molecular weight is 404 g/mol. The summed E-state index contributed by atoms with van der Waals surface area (Å²) in [6.45, 7) is 8.65. The Kier molecular flexibility index (Phi) is 17.0. The highest BCUT2D eigenvalue weighted by atomic mass is 16.5. The van der Waals surface area contributed by atoms with Gasteiger partial charge in [0, 0.05) is 6.54 Å². The van der Waals surface area contributed by atoms with E-state index in [1.807, 2.05) is 0 Å². The molecule has 0 radical (unpaired) electrons. The number of hydrogen-bond donors (Lipinski definition) is 1. The summed E-state index contributed by atoms with van der Waals surface area (Å²) in [5.41, 5.74) is 1.34. The highest BCUT2D eigenvalue weighted by Crippen LogP contribution is 2.15. The topological polar surface area (TPSA) is 21.3 Å². The van der Waals surface area contributed by atoms with Crippen LogP contribution in [0.25, 0.3) is 0 Å². The maximum Gasteiger partial charge on any atom is 0.119 e. The molecule has 0 aromatic heterocycles. The van der Waals surface area contributed by atoms with Crippen LogP contribution in [0.3, 0.4) is 0 Å². The van der Waals surface area contributed by atoms with E-state index in [0.29, 0.717) is 6.10 Å². The van der Waals surface area contributed by atoms with E-state index >= 15 is 0 Å². The van der Waals surface area contributed by atoms with Gasteiger partial charge in [-0.25, -0.2) is 0 Å². The molecule has 0 spiro atoms. The number of rotatable bonds is 20. The second-order valence-electron chi connectivity index (χ2n) is 8.75. The fraction of sp³-hybridized carbons (Fsp3) is 0.778. The van der Waals surface area contributed by atoms with Crippen LogP contribution in [0.15, 0.2) is 24.3 Å². The van der Waals surface area contributed by atoms with Crippen LogP contribution in [0.1, 0.15) is 123 Å². The third-order valence-electron chi connectivity index (χ3n) is 5.87. The SMILES string of the molecule is CCCCCCCCCCCCCCCCNCc1ccc(OC(C)CC)cc1. The van der Waals surface area contributed by atoms with E-state index in [0.717, 1.165) is 25.3 Å². The molecule has 2 nitrogen and oxygen atoms in total. The van der Waals surface area contributed by atoms with Gasteiger partial charge in [0.2, 0.25) is 0 Å². The molecular formula is C27H49NO. The molecule has 0 saturated carbocycles. The Morgan fingerprint density at radius 1 is 0.690 bits per heavy atom. The number of unbranched alkanes of at least 4 members (excludes halogenated alkanes) is 13. The van der Waals surface area contributed by atoms with Gasteiger partial charge in [0.1, 0.15) is 5.75 Å². The van der Waals surface area contributed by atoms with Crippen molar-refractivity contribution in [3.8, 4) is 5.75 Å². The maximum absolute atomic E-state index is 5.83. The first-order valence-electron chi connectivity index (χ1n) is 12.7. The molecule has 0 aliphatic rings. The lowest BCUT2D eigenvalue weighted by Gasteiger charge is -2.13. The minimum absolute atomic E-state index is 0.291. The smallest absolute Gasteiger partial charge is 0.119 e. The molecule has 0 fully saturated rings. The molecule has 0 bridgehead atoms. The van der Waals surface area contributed by atoms with Gasteiger partial charge in [-0.3, -0.25) is 0 Å². The average Bonchev–Trinajstić information content (AvgIpc) is 2.74. The molecule has 1 atom stereocenters. The van der Waals surface area contributed by atoms with Crippen LogP contribution in [0, 0.1) is 0 Å². The van der Waals surface area contributed by atoms with Crippen LogP contribution >= 0.6 is 0 Å². The van der Waals surface area contributed by atoms with Gasteiger partial charge in [0.15, 0.2) is 0 Å². The monoisotopic (exact) mass is 403 g/mol. The van der Waals surface area contributed by atoms with Crippen LogP contribution < -0.4 is 10.1 Å². The molecule has 168 valence electrons. The molecule has 2 heteroatoms. The molecule has 1 aromatic carbocycles. The van der Waals surface area contributed by atoms with Crippen LogP contribution in [0.2, 0.25) is 0 Å². The van der Waals surface area contributed by atoms with E-state index in [1.54, 1.807) is 0 Å². The molecule has 1 N–H and O–H groups in total. The Morgan fingerprint density at radius 2 is 1.17 bits per heavy atom. The molecule has 1 rings (SSSR count). The summed E-state index contributed by atoms with van der Waals surface area (Å²) < 4.78 is 5.83. The van der Waals surface area contributed by atoms with Crippen LogP contribution in [-0.2, 0) is 6.54 Å². The lowest BCUT2D eigenvalue weighted by molar-refractivity contribution is 0.217. The Bertz CT molecular complexity index is 456. The molecule has 0 amide bonds. The molecule has 0 saturated heterocycles. The first-order chi connectivity index (χ1) is 14.3. The molecule has 1 aromatic rings. The zero-order chi connectivity index (χ0) is 21.0. The zero-order valence-corrected chi connectivity index (χ0v) is 19.8. The van der Waals surface area contributed by atoms with E-state index in [2.05, 4.69) is 50.4 Å². The number of nitrogens with one attached hydrogen (secondary N) is 1. The fourth-order valence-electron chi connectivity index (χ4n) is 3.68. The van der Waals surface area contributed by atoms with Crippen molar-refractivity contribution in [1.29, 1.82) is 0 Å². The first kappa shape index (κ1) is 26.0. The lowest BCUT2D eigenvalue weighted by Crippen LogP contribution is -2.14. The summed E-state index contributed by atoms with van der Waals surface area (Å²) >= 11 is 0. The van der Waals surface area contributed by atoms with E-state index in [-0.39, 0.29) is 0 Å². The summed E-state index contributed by atoms with van der Waals surface area (Å²) in [6.07, 6.45) is 21.2. The Labute approximate surface area is 182 Å². The lowest BCUT2D eigenvalue weighted by atomic mass is 10.0. The summed E-state index contributed by atoms with van der Waals surface area (Å²) in [7, 11) is 0. The van der Waals surface area contributed by atoms with E-state index in [9.17, 15) is 0 Å². The standard InChI is InChI=1S/C27H49NO/c1-4-6-7-8-9-10-11-12-13-14-15-16-17-18-23-28-24-26-19-21-27(22-20-26)29-25(3)5-2/h19-22,25,28H,4-18,23-24H2,1-3H3. The van der Waals surface area contributed by atoms with Crippen LogP contribution in [0.5, 0.6) is 5.75 Å². The summed E-state index contributed by atoms with van der Waals surface area (Å²) in [4.78, 5) is 0. The van der Waals surface area contributed by atoms with Crippen molar-refractivity contribution in [2.24, 2.45) is 0 Å². The van der Waals surface area contributed by atoms with E-state index in [4.69, 9.17) is 4.74 Å². The van der Waals surface area contributed by atoms with Gasteiger partial charge in [0.05, 0.1) is 6.10 Å². The van der Waals surface area contributed by atoms with Gasteiger partial charge in [-0.05, 0) is 44.0 Å². The van der Waals surface area contributed by atoms with Crippen molar-refractivity contribution in [3.05, 3.63) is 29.8 Å². The first-order valence-corrected chi connectivity index (χ1v) is 12.7. The van der Waals surface area contributed by atoms with Gasteiger partial charge in [-0.2, -0.15) is 0 Å². The summed E-state index contributed by atoms with van der Waals surface area (Å²) in [6, 6.07) is 8.54. The third kappa shape index (κ3) is 15.5. The molecule has 1 unspecified atom stereocenters. The van der Waals surface area contributed by atoms with E-state index in [1.165, 1.54) is 95.5 Å². The second-order valence-corrected chi connectivity index (χ2v) is 8.75. The summed E-state index contributed by atoms with van der Waals surface area (Å²) in [5, 5.41) is 3.58. The van der Waals surface area contributed by atoms with Crippen LogP contribution in [0.4, 0.5) is 0 Å². The van der Waals surface area contributed by atoms with Crippen LogP contribution in [-0.4, -0.2) is 12.6 Å². The fourth-order valence-corrected chi connectivity index (χ4v) is 3.68. The van der Waals surface area contributed by atoms with Gasteiger partial charge in [-0.1, -0.05) is 109 Å². The van der Waals surface area contributed by atoms with Crippen molar-refractivity contribution in [2.75, 3.05) is 6.54 Å². The van der Waals surface area contributed by atoms with Crippen molar-refractivity contribution < 1.29 is 4.74 Å². The molecule has 29 heavy (non-hydrogen) atoms. The molecule has 0 heterocycles. The molecular weight excluding hydrogens is 354 g/mol. The zero-order valence-electron chi connectivity index (χ0n) is 19.8. The number of hydrogen-bond acceptors (Lipinski definition) is 2. The van der Waals surface area contributed by atoms with Crippen molar-refractivity contribution in [3.63, 3.8) is 0 Å². The van der Waals surface area contributed by atoms with Gasteiger partial charge < -0.3 is 10.1 Å². The highest BCUT2D eigenvalue weighted by molar-refractivity contribution is 5.27. The molecule has 0 aliphatic carbocycles. The third-order valence-corrected chi connectivity index (χ3v) is 5.87. The minimum Gasteiger partial charge on any atom is -0.491 e. The van der Waals surface area contributed by atoms with Crippen molar-refractivity contribution in [2.45, 2.75) is 130 Å². The number of ether oxygens (including phenoxy) is 1. The second kappa shape index (κ2) is 19.0. The molecule has 0 aliphatic heterocycles. The quantitative estimate of drug-likeness (QED) is 0.220. The van der Waals surface area contributed by atoms with Gasteiger partial charge in [0.25, 0.3) is 0 Å². The Hall–Kier alpha value is -1.02. The minimum atomic E-state index is 0.291. The maximum atomic E-state index is 5.83. The summed E-state index contributed by atoms with van der Waals surface area (Å²) in [5.74, 6) is 0.982. The predicted octanol–water partition coefficient (Wildman–Crippen LogP) is 8.43. The van der Waals surface area contributed by atoms with Crippen molar-refractivity contribution >= 4 is 0 Å².